The van der Waals surface area contributed by atoms with Crippen molar-refractivity contribution in [2.45, 2.75) is 24.8 Å². The molecule has 1 aliphatic heterocycles. The number of carbonyl (C=O) groups is 1. The molecule has 33 heavy (non-hydrogen) atoms. The van der Waals surface area contributed by atoms with Gasteiger partial charge in [-0.15, -0.1) is 11.8 Å². The summed E-state index contributed by atoms with van der Waals surface area (Å²) >= 11 is 1.70. The first-order valence-electron chi connectivity index (χ1n) is 11.1. The standard InChI is InChI=1S/C27H26N2O3S/c1-18-14-20-10-13-32-26(20)24(15-18)29-11-3-12-31-25-16-21(6-9-23(25)29)27(30)28-17-19-4-7-22(33-2)8-5-19/h4-10,13-16H,3,11-12,17H2,1-2H3,(H,28,30). The summed E-state index contributed by atoms with van der Waals surface area (Å²) in [5.41, 5.74) is 5.66. The number of thioether (sulfide) groups is 1. The van der Waals surface area contributed by atoms with Gasteiger partial charge in [-0.05, 0) is 79.3 Å². The molecular weight excluding hydrogens is 432 g/mol. The number of fused-ring (bicyclic) bond motifs is 2. The monoisotopic (exact) mass is 458 g/mol. The SMILES string of the molecule is CSc1ccc(CNC(=O)c2ccc3c(c2)OCCCN3c2cc(C)cc3ccoc23)cc1. The summed E-state index contributed by atoms with van der Waals surface area (Å²) in [6.45, 7) is 3.98. The largest absolute Gasteiger partial charge is 0.491 e. The van der Waals surface area contributed by atoms with Crippen LogP contribution in [0.5, 0.6) is 5.75 Å². The summed E-state index contributed by atoms with van der Waals surface area (Å²) in [5, 5.41) is 4.10. The lowest BCUT2D eigenvalue weighted by molar-refractivity contribution is 0.0950. The maximum atomic E-state index is 12.8. The molecule has 3 aromatic carbocycles. The molecule has 5 rings (SSSR count). The number of rotatable bonds is 5. The van der Waals surface area contributed by atoms with Gasteiger partial charge in [-0.2, -0.15) is 0 Å². The van der Waals surface area contributed by atoms with Gasteiger partial charge in [-0.25, -0.2) is 0 Å². The van der Waals surface area contributed by atoms with E-state index in [0.29, 0.717) is 24.5 Å². The Morgan fingerprint density at radius 2 is 1.91 bits per heavy atom. The third kappa shape index (κ3) is 4.44. The van der Waals surface area contributed by atoms with Crippen LogP contribution in [-0.4, -0.2) is 25.3 Å². The second-order valence-corrected chi connectivity index (χ2v) is 9.07. The van der Waals surface area contributed by atoms with Crippen molar-refractivity contribution in [1.29, 1.82) is 0 Å². The van der Waals surface area contributed by atoms with Gasteiger partial charge in [0.25, 0.3) is 5.91 Å². The first-order valence-corrected chi connectivity index (χ1v) is 12.3. The Morgan fingerprint density at radius 1 is 1.06 bits per heavy atom. The normalized spacial score (nSPS) is 13.3. The summed E-state index contributed by atoms with van der Waals surface area (Å²) in [6, 6.07) is 20.2. The number of furan rings is 1. The van der Waals surface area contributed by atoms with Crippen LogP contribution in [0.25, 0.3) is 11.0 Å². The number of aryl methyl sites for hydroxylation is 1. The van der Waals surface area contributed by atoms with Crippen molar-refractivity contribution < 1.29 is 13.9 Å². The first kappa shape index (κ1) is 21.5. The lowest BCUT2D eigenvalue weighted by Gasteiger charge is -2.24. The van der Waals surface area contributed by atoms with Crippen LogP contribution in [0.15, 0.2) is 76.2 Å². The van der Waals surface area contributed by atoms with Gasteiger partial charge in [0.2, 0.25) is 0 Å². The van der Waals surface area contributed by atoms with Crippen LogP contribution in [-0.2, 0) is 6.54 Å². The number of hydrogen-bond donors (Lipinski definition) is 1. The van der Waals surface area contributed by atoms with Crippen LogP contribution < -0.4 is 15.0 Å². The first-order chi connectivity index (χ1) is 16.1. The number of ether oxygens (including phenoxy) is 1. The zero-order valence-electron chi connectivity index (χ0n) is 18.8. The highest BCUT2D eigenvalue weighted by molar-refractivity contribution is 7.98. The third-order valence-corrected chi connectivity index (χ3v) is 6.62. The van der Waals surface area contributed by atoms with Gasteiger partial charge < -0.3 is 19.4 Å². The van der Waals surface area contributed by atoms with Crippen molar-refractivity contribution in [2.75, 3.05) is 24.3 Å². The number of carbonyl (C=O) groups excluding carboxylic acids is 1. The molecule has 0 spiro atoms. The van der Waals surface area contributed by atoms with E-state index in [0.717, 1.165) is 40.9 Å². The van der Waals surface area contributed by atoms with E-state index in [9.17, 15) is 4.79 Å². The molecule has 0 unspecified atom stereocenters. The van der Waals surface area contributed by atoms with E-state index in [1.807, 2.05) is 36.4 Å². The molecular formula is C27H26N2O3S. The summed E-state index contributed by atoms with van der Waals surface area (Å²) in [5.74, 6) is 0.598. The molecule has 5 nitrogen and oxygen atoms in total. The number of amides is 1. The van der Waals surface area contributed by atoms with Crippen LogP contribution in [0.2, 0.25) is 0 Å². The fourth-order valence-corrected chi connectivity index (χ4v) is 4.62. The number of nitrogens with one attached hydrogen (secondary N) is 1. The maximum absolute atomic E-state index is 12.8. The van der Waals surface area contributed by atoms with Crippen molar-refractivity contribution in [3.05, 3.63) is 83.6 Å². The van der Waals surface area contributed by atoms with E-state index in [1.54, 1.807) is 18.0 Å². The number of hydrogen-bond acceptors (Lipinski definition) is 5. The third-order valence-electron chi connectivity index (χ3n) is 5.88. The predicted molar refractivity (Wildman–Crippen MR) is 134 cm³/mol. The zero-order chi connectivity index (χ0) is 22.8. The van der Waals surface area contributed by atoms with Crippen LogP contribution in [0.3, 0.4) is 0 Å². The molecule has 2 heterocycles. The molecule has 0 fully saturated rings. The van der Waals surface area contributed by atoms with Crippen molar-refractivity contribution in [1.82, 2.24) is 5.32 Å². The van der Waals surface area contributed by atoms with E-state index in [2.05, 4.69) is 47.7 Å². The average molecular weight is 459 g/mol. The van der Waals surface area contributed by atoms with Crippen LogP contribution in [0, 0.1) is 6.92 Å². The summed E-state index contributed by atoms with van der Waals surface area (Å²) in [7, 11) is 0. The minimum Gasteiger partial charge on any atom is -0.491 e. The van der Waals surface area contributed by atoms with Crippen molar-refractivity contribution in [2.24, 2.45) is 0 Å². The molecule has 0 radical (unpaired) electrons. The Bertz CT molecular complexity index is 1300. The highest BCUT2D eigenvalue weighted by Crippen LogP contribution is 2.40. The lowest BCUT2D eigenvalue weighted by Crippen LogP contribution is -2.23. The van der Waals surface area contributed by atoms with E-state index >= 15 is 0 Å². The Hall–Kier alpha value is -3.38. The quantitative estimate of drug-likeness (QED) is 0.355. The van der Waals surface area contributed by atoms with Gasteiger partial charge in [0.15, 0.2) is 5.58 Å². The molecule has 1 aliphatic rings. The summed E-state index contributed by atoms with van der Waals surface area (Å²) < 4.78 is 11.9. The molecule has 1 aromatic heterocycles. The fourth-order valence-electron chi connectivity index (χ4n) is 4.21. The van der Waals surface area contributed by atoms with E-state index < -0.39 is 0 Å². The Labute approximate surface area is 197 Å². The van der Waals surface area contributed by atoms with Crippen LogP contribution in [0.1, 0.15) is 27.9 Å². The van der Waals surface area contributed by atoms with Gasteiger partial charge in [-0.1, -0.05) is 12.1 Å². The van der Waals surface area contributed by atoms with Gasteiger partial charge in [-0.3, -0.25) is 4.79 Å². The van der Waals surface area contributed by atoms with Crippen LogP contribution in [0.4, 0.5) is 11.4 Å². The molecule has 0 saturated heterocycles. The molecule has 0 aliphatic carbocycles. The Morgan fingerprint density at radius 3 is 2.73 bits per heavy atom. The van der Waals surface area contributed by atoms with E-state index in [1.165, 1.54) is 10.5 Å². The number of benzene rings is 3. The Kier molecular flexibility index (Phi) is 6.01. The van der Waals surface area contributed by atoms with E-state index in [4.69, 9.17) is 9.15 Å². The number of anilines is 2. The lowest BCUT2D eigenvalue weighted by atomic mass is 10.1. The molecule has 4 aromatic rings. The molecule has 6 heteroatoms. The predicted octanol–water partition coefficient (Wildman–Crippen LogP) is 6.31. The smallest absolute Gasteiger partial charge is 0.251 e. The summed E-state index contributed by atoms with van der Waals surface area (Å²) in [4.78, 5) is 16.3. The maximum Gasteiger partial charge on any atom is 0.251 e. The second-order valence-electron chi connectivity index (χ2n) is 8.19. The van der Waals surface area contributed by atoms with E-state index in [-0.39, 0.29) is 5.91 Å². The topological polar surface area (TPSA) is 54.7 Å². The highest BCUT2D eigenvalue weighted by Gasteiger charge is 2.22. The molecule has 168 valence electrons. The zero-order valence-corrected chi connectivity index (χ0v) is 19.6. The van der Waals surface area contributed by atoms with Gasteiger partial charge in [0.05, 0.1) is 24.2 Å². The Balaban J connectivity index is 1.40. The average Bonchev–Trinajstić information content (AvgIpc) is 3.21. The molecule has 0 bridgehead atoms. The minimum atomic E-state index is -0.116. The molecule has 0 atom stereocenters. The summed E-state index contributed by atoms with van der Waals surface area (Å²) in [6.07, 6.45) is 4.65. The van der Waals surface area contributed by atoms with Crippen molar-refractivity contribution in [3.63, 3.8) is 0 Å². The van der Waals surface area contributed by atoms with Crippen molar-refractivity contribution in [3.8, 4) is 5.75 Å². The van der Waals surface area contributed by atoms with Crippen LogP contribution >= 0.6 is 11.8 Å². The van der Waals surface area contributed by atoms with Crippen molar-refractivity contribution >= 4 is 40.0 Å². The number of nitrogens with zero attached hydrogens (tertiary/aromatic N) is 1. The van der Waals surface area contributed by atoms with Gasteiger partial charge >= 0.3 is 0 Å². The molecule has 0 saturated carbocycles. The highest BCUT2D eigenvalue weighted by atomic mass is 32.2. The minimum absolute atomic E-state index is 0.116. The fraction of sp³-hybridized carbons (Fsp3) is 0.222. The van der Waals surface area contributed by atoms with Gasteiger partial charge in [0, 0.05) is 28.9 Å². The molecule has 1 N–H and O–H groups in total. The second kappa shape index (κ2) is 9.24. The molecule has 1 amide bonds. The van der Waals surface area contributed by atoms with Gasteiger partial charge in [0.1, 0.15) is 5.75 Å².